The highest BCUT2D eigenvalue weighted by Gasteiger charge is 2.21. The van der Waals surface area contributed by atoms with Gasteiger partial charge in [0.25, 0.3) is 0 Å². The maximum absolute atomic E-state index is 9.17. The second-order valence-electron chi connectivity index (χ2n) is 6.01. The van der Waals surface area contributed by atoms with Gasteiger partial charge in [0.05, 0.1) is 0 Å². The molecular weight excluding hydrogens is 252 g/mol. The van der Waals surface area contributed by atoms with Crippen LogP contribution < -0.4 is 4.90 Å². The minimum atomic E-state index is 0.306. The van der Waals surface area contributed by atoms with Crippen molar-refractivity contribution in [2.24, 2.45) is 5.92 Å². The van der Waals surface area contributed by atoms with Crippen LogP contribution >= 0.6 is 0 Å². The summed E-state index contributed by atoms with van der Waals surface area (Å²) in [6, 6.07) is 0. The standard InChI is InChI=1S/C15H24N4O/c20-12-13-4-7-18(10-13)11-14-8-16-15(17-9-14)19-5-2-1-3-6-19/h8-9,13,20H,1-7,10-12H2. The van der Waals surface area contributed by atoms with Crippen LogP contribution in [-0.2, 0) is 6.54 Å². The van der Waals surface area contributed by atoms with Crippen molar-refractivity contribution in [1.82, 2.24) is 14.9 Å². The molecule has 1 N–H and O–H groups in total. The third-order valence-corrected chi connectivity index (χ3v) is 4.36. The number of nitrogens with zero attached hydrogens (tertiary/aromatic N) is 4. The Morgan fingerprint density at radius 2 is 1.85 bits per heavy atom. The quantitative estimate of drug-likeness (QED) is 0.898. The number of likely N-dealkylation sites (tertiary alicyclic amines) is 1. The van der Waals surface area contributed by atoms with E-state index in [-0.39, 0.29) is 0 Å². The maximum Gasteiger partial charge on any atom is 0.225 e. The van der Waals surface area contributed by atoms with Gasteiger partial charge in [-0.05, 0) is 38.1 Å². The summed E-state index contributed by atoms with van der Waals surface area (Å²) in [5, 5.41) is 9.17. The molecule has 0 aliphatic carbocycles. The maximum atomic E-state index is 9.17. The van der Waals surface area contributed by atoms with E-state index in [4.69, 9.17) is 0 Å². The van der Waals surface area contributed by atoms with Gasteiger partial charge in [0, 0.05) is 50.7 Å². The van der Waals surface area contributed by atoms with Crippen molar-refractivity contribution < 1.29 is 5.11 Å². The molecule has 3 heterocycles. The van der Waals surface area contributed by atoms with Crippen molar-refractivity contribution in [1.29, 1.82) is 0 Å². The van der Waals surface area contributed by atoms with Gasteiger partial charge in [-0.2, -0.15) is 0 Å². The van der Waals surface area contributed by atoms with E-state index in [1.165, 1.54) is 24.8 Å². The van der Waals surface area contributed by atoms with Crippen molar-refractivity contribution in [2.45, 2.75) is 32.2 Å². The topological polar surface area (TPSA) is 52.5 Å². The lowest BCUT2D eigenvalue weighted by molar-refractivity contribution is 0.220. The van der Waals surface area contributed by atoms with Gasteiger partial charge < -0.3 is 10.0 Å². The lowest BCUT2D eigenvalue weighted by Gasteiger charge is -2.26. The lowest BCUT2D eigenvalue weighted by atomic mass is 10.1. The van der Waals surface area contributed by atoms with Gasteiger partial charge in [-0.15, -0.1) is 0 Å². The number of rotatable bonds is 4. The zero-order valence-electron chi connectivity index (χ0n) is 12.0. The first-order chi connectivity index (χ1) is 9.85. The number of piperidine rings is 1. The molecule has 0 amide bonds. The molecule has 2 saturated heterocycles. The summed E-state index contributed by atoms with van der Waals surface area (Å²) in [6.45, 7) is 5.44. The van der Waals surface area contributed by atoms with Gasteiger partial charge in [-0.25, -0.2) is 9.97 Å². The molecule has 2 aliphatic rings. The minimum absolute atomic E-state index is 0.306. The fourth-order valence-electron chi connectivity index (χ4n) is 3.15. The predicted octanol–water partition coefficient (Wildman–Crippen LogP) is 1.28. The molecule has 5 heteroatoms. The summed E-state index contributed by atoms with van der Waals surface area (Å²) in [6.07, 6.45) is 8.86. The molecule has 2 aliphatic heterocycles. The Kier molecular flexibility index (Phi) is 4.47. The Labute approximate surface area is 120 Å². The van der Waals surface area contributed by atoms with Crippen LogP contribution in [-0.4, -0.2) is 52.8 Å². The van der Waals surface area contributed by atoms with E-state index < -0.39 is 0 Å². The zero-order chi connectivity index (χ0) is 13.8. The molecule has 20 heavy (non-hydrogen) atoms. The minimum Gasteiger partial charge on any atom is -0.396 e. The Bertz CT molecular complexity index is 416. The van der Waals surface area contributed by atoms with E-state index in [0.29, 0.717) is 12.5 Å². The van der Waals surface area contributed by atoms with Gasteiger partial charge >= 0.3 is 0 Å². The number of aliphatic hydroxyl groups is 1. The van der Waals surface area contributed by atoms with Crippen LogP contribution in [0.2, 0.25) is 0 Å². The highest BCUT2D eigenvalue weighted by atomic mass is 16.3. The highest BCUT2D eigenvalue weighted by molar-refractivity contribution is 5.30. The molecule has 110 valence electrons. The Morgan fingerprint density at radius 3 is 2.50 bits per heavy atom. The van der Waals surface area contributed by atoms with Crippen LogP contribution in [0.4, 0.5) is 5.95 Å². The molecule has 0 spiro atoms. The summed E-state index contributed by atoms with van der Waals surface area (Å²) in [7, 11) is 0. The number of aliphatic hydroxyl groups excluding tert-OH is 1. The van der Waals surface area contributed by atoms with Crippen LogP contribution in [0.1, 0.15) is 31.2 Å². The van der Waals surface area contributed by atoms with Crippen molar-refractivity contribution in [3.63, 3.8) is 0 Å². The van der Waals surface area contributed by atoms with Crippen LogP contribution in [0, 0.1) is 5.92 Å². The fourth-order valence-corrected chi connectivity index (χ4v) is 3.15. The van der Waals surface area contributed by atoms with Gasteiger partial charge in [0.15, 0.2) is 0 Å². The molecule has 0 bridgehead atoms. The van der Waals surface area contributed by atoms with E-state index in [1.807, 2.05) is 12.4 Å². The normalized spacial score (nSPS) is 24.2. The van der Waals surface area contributed by atoms with Gasteiger partial charge in [0.2, 0.25) is 5.95 Å². The van der Waals surface area contributed by atoms with Gasteiger partial charge in [-0.1, -0.05) is 0 Å². The summed E-state index contributed by atoms with van der Waals surface area (Å²) >= 11 is 0. The van der Waals surface area contributed by atoms with E-state index in [9.17, 15) is 5.11 Å². The molecule has 1 aromatic heterocycles. The first-order valence-electron chi connectivity index (χ1n) is 7.74. The molecule has 0 radical (unpaired) electrons. The summed E-state index contributed by atoms with van der Waals surface area (Å²) in [4.78, 5) is 13.7. The Hall–Kier alpha value is -1.20. The number of hydrogen-bond acceptors (Lipinski definition) is 5. The van der Waals surface area contributed by atoms with Crippen LogP contribution in [0.3, 0.4) is 0 Å². The molecule has 1 unspecified atom stereocenters. The molecule has 0 saturated carbocycles. The molecule has 5 nitrogen and oxygen atoms in total. The molecule has 1 atom stereocenters. The predicted molar refractivity (Wildman–Crippen MR) is 78.6 cm³/mol. The molecule has 2 fully saturated rings. The van der Waals surface area contributed by atoms with E-state index >= 15 is 0 Å². The van der Waals surface area contributed by atoms with Crippen LogP contribution in [0.15, 0.2) is 12.4 Å². The first kappa shape index (κ1) is 13.8. The Morgan fingerprint density at radius 1 is 1.10 bits per heavy atom. The van der Waals surface area contributed by atoms with E-state index in [2.05, 4.69) is 19.8 Å². The average molecular weight is 276 g/mol. The fraction of sp³-hybridized carbons (Fsp3) is 0.733. The summed E-state index contributed by atoms with van der Waals surface area (Å²) in [5.74, 6) is 1.33. The van der Waals surface area contributed by atoms with Gasteiger partial charge in [-0.3, -0.25) is 4.90 Å². The first-order valence-corrected chi connectivity index (χ1v) is 7.74. The largest absolute Gasteiger partial charge is 0.396 e. The number of anilines is 1. The number of aromatic nitrogens is 2. The van der Waals surface area contributed by atoms with Crippen molar-refractivity contribution in [3.05, 3.63) is 18.0 Å². The van der Waals surface area contributed by atoms with E-state index in [1.54, 1.807) is 0 Å². The lowest BCUT2D eigenvalue weighted by Crippen LogP contribution is -2.31. The average Bonchev–Trinajstić information content (AvgIpc) is 2.97. The second-order valence-corrected chi connectivity index (χ2v) is 6.01. The zero-order valence-corrected chi connectivity index (χ0v) is 12.0. The van der Waals surface area contributed by atoms with Crippen molar-refractivity contribution >= 4 is 5.95 Å². The van der Waals surface area contributed by atoms with Crippen molar-refractivity contribution in [2.75, 3.05) is 37.7 Å². The molecule has 0 aromatic carbocycles. The molecule has 3 rings (SSSR count). The Balaban J connectivity index is 1.56. The summed E-state index contributed by atoms with van der Waals surface area (Å²) < 4.78 is 0. The van der Waals surface area contributed by atoms with Crippen LogP contribution in [0.25, 0.3) is 0 Å². The SMILES string of the molecule is OCC1CCN(Cc2cnc(N3CCCCC3)nc2)C1. The summed E-state index contributed by atoms with van der Waals surface area (Å²) in [5.41, 5.74) is 1.17. The third-order valence-electron chi connectivity index (χ3n) is 4.36. The highest BCUT2D eigenvalue weighted by Crippen LogP contribution is 2.19. The van der Waals surface area contributed by atoms with Crippen LogP contribution in [0.5, 0.6) is 0 Å². The second kappa shape index (κ2) is 6.50. The monoisotopic (exact) mass is 276 g/mol. The number of hydrogen-bond donors (Lipinski definition) is 1. The van der Waals surface area contributed by atoms with Gasteiger partial charge in [0.1, 0.15) is 0 Å². The third kappa shape index (κ3) is 3.27. The van der Waals surface area contributed by atoms with Crippen molar-refractivity contribution in [3.8, 4) is 0 Å². The smallest absolute Gasteiger partial charge is 0.225 e. The molecule has 1 aromatic rings. The molecular formula is C15H24N4O. The van der Waals surface area contributed by atoms with E-state index in [0.717, 1.165) is 45.1 Å².